The highest BCUT2D eigenvalue weighted by Gasteiger charge is 2.21. The summed E-state index contributed by atoms with van der Waals surface area (Å²) in [5, 5.41) is 10.3. The lowest BCUT2D eigenvalue weighted by atomic mass is 9.99. The van der Waals surface area contributed by atoms with Crippen LogP contribution in [-0.4, -0.2) is 23.5 Å². The van der Waals surface area contributed by atoms with Crippen LogP contribution in [0, 0.1) is 0 Å². The lowest BCUT2D eigenvalue weighted by Gasteiger charge is -2.11. The molecule has 0 saturated heterocycles. The highest BCUT2D eigenvalue weighted by atomic mass is 16.5. The van der Waals surface area contributed by atoms with Crippen LogP contribution >= 0.6 is 0 Å². The number of ether oxygens (including phenoxy) is 1. The van der Waals surface area contributed by atoms with E-state index in [9.17, 15) is 19.5 Å². The molecule has 1 atom stereocenters. The van der Waals surface area contributed by atoms with Gasteiger partial charge in [-0.3, -0.25) is 4.79 Å². The number of carbonyl (C=O) groups is 2. The monoisotopic (exact) mass is 416 g/mol. The highest BCUT2D eigenvalue weighted by molar-refractivity contribution is 6.09. The van der Waals surface area contributed by atoms with Gasteiger partial charge in [-0.25, -0.2) is 9.59 Å². The first-order valence-corrected chi connectivity index (χ1v) is 10.3. The summed E-state index contributed by atoms with van der Waals surface area (Å²) in [6, 6.07) is 1.32. The SMILES string of the molecule is CCCC(C)=CC=C(C)C(=O)c1c(O)cc(C(C)CCC=CC(=O)OCC)oc1=O. The highest BCUT2D eigenvalue weighted by Crippen LogP contribution is 2.26. The molecule has 0 aliphatic carbocycles. The van der Waals surface area contributed by atoms with Gasteiger partial charge in [0.1, 0.15) is 17.1 Å². The second kappa shape index (κ2) is 12.6. The van der Waals surface area contributed by atoms with Gasteiger partial charge in [0, 0.05) is 18.1 Å². The molecular weight excluding hydrogens is 384 g/mol. The topological polar surface area (TPSA) is 93.8 Å². The summed E-state index contributed by atoms with van der Waals surface area (Å²) >= 11 is 0. The van der Waals surface area contributed by atoms with Crippen molar-refractivity contribution < 1.29 is 23.8 Å². The van der Waals surface area contributed by atoms with Crippen molar-refractivity contribution in [2.24, 2.45) is 0 Å². The van der Waals surface area contributed by atoms with Gasteiger partial charge in [0.2, 0.25) is 0 Å². The lowest BCUT2D eigenvalue weighted by Crippen LogP contribution is -2.16. The number of esters is 1. The summed E-state index contributed by atoms with van der Waals surface area (Å²) in [5.41, 5.74) is 0.259. The van der Waals surface area contributed by atoms with Crippen LogP contribution in [0.2, 0.25) is 0 Å². The third kappa shape index (κ3) is 7.85. The minimum atomic E-state index is -0.856. The molecule has 0 aromatic carbocycles. The van der Waals surface area contributed by atoms with Gasteiger partial charge in [0.25, 0.3) is 0 Å². The van der Waals surface area contributed by atoms with E-state index in [1.807, 2.05) is 19.9 Å². The second-order valence-corrected chi connectivity index (χ2v) is 7.27. The summed E-state index contributed by atoms with van der Waals surface area (Å²) in [7, 11) is 0. The van der Waals surface area contributed by atoms with Crippen molar-refractivity contribution >= 4 is 11.8 Å². The van der Waals surface area contributed by atoms with Gasteiger partial charge in [0.05, 0.1) is 6.61 Å². The van der Waals surface area contributed by atoms with Crippen LogP contribution in [0.3, 0.4) is 0 Å². The van der Waals surface area contributed by atoms with Crippen molar-refractivity contribution in [2.45, 2.75) is 66.2 Å². The number of rotatable bonds is 11. The summed E-state index contributed by atoms with van der Waals surface area (Å²) < 4.78 is 10.1. The van der Waals surface area contributed by atoms with Gasteiger partial charge in [-0.1, -0.05) is 44.1 Å². The van der Waals surface area contributed by atoms with Gasteiger partial charge < -0.3 is 14.3 Å². The number of ketones is 1. The van der Waals surface area contributed by atoms with Crippen LogP contribution in [0.15, 0.2) is 50.7 Å². The molecule has 1 aromatic heterocycles. The maximum atomic E-state index is 12.6. The first kappa shape index (κ1) is 25.1. The molecule has 30 heavy (non-hydrogen) atoms. The maximum Gasteiger partial charge on any atom is 0.351 e. The zero-order valence-corrected chi connectivity index (χ0v) is 18.5. The normalized spacial score (nSPS) is 13.5. The fourth-order valence-electron chi connectivity index (χ4n) is 2.83. The van der Waals surface area contributed by atoms with E-state index in [1.165, 1.54) is 12.1 Å². The lowest BCUT2D eigenvalue weighted by molar-refractivity contribution is -0.137. The maximum absolute atomic E-state index is 12.6. The molecule has 0 spiro atoms. The Morgan fingerprint density at radius 2 is 1.93 bits per heavy atom. The summed E-state index contributed by atoms with van der Waals surface area (Å²) in [5.74, 6) is -1.24. The van der Waals surface area contributed by atoms with E-state index in [4.69, 9.17) is 9.15 Å². The molecule has 0 bridgehead atoms. The minimum Gasteiger partial charge on any atom is -0.507 e. The van der Waals surface area contributed by atoms with Crippen LogP contribution in [0.25, 0.3) is 0 Å². The Labute approximate surface area is 177 Å². The molecule has 0 fully saturated rings. The molecule has 164 valence electrons. The van der Waals surface area contributed by atoms with Gasteiger partial charge in [-0.05, 0) is 45.6 Å². The first-order valence-electron chi connectivity index (χ1n) is 10.3. The van der Waals surface area contributed by atoms with Crippen LogP contribution in [0.1, 0.15) is 82.3 Å². The molecule has 0 saturated carbocycles. The molecule has 0 amide bonds. The Morgan fingerprint density at radius 3 is 2.53 bits per heavy atom. The predicted octanol–water partition coefficient (Wildman–Crippen LogP) is 5.22. The smallest absolute Gasteiger partial charge is 0.351 e. The molecule has 1 unspecified atom stereocenters. The molecular formula is C24H32O6. The first-order chi connectivity index (χ1) is 14.2. The van der Waals surface area contributed by atoms with E-state index in [2.05, 4.69) is 6.92 Å². The van der Waals surface area contributed by atoms with Gasteiger partial charge in [0.15, 0.2) is 5.78 Å². The van der Waals surface area contributed by atoms with Crippen molar-refractivity contribution in [3.63, 3.8) is 0 Å². The van der Waals surface area contributed by atoms with E-state index >= 15 is 0 Å². The Kier molecular flexibility index (Phi) is 10.6. The quantitative estimate of drug-likeness (QED) is 0.230. The fourth-order valence-corrected chi connectivity index (χ4v) is 2.83. The van der Waals surface area contributed by atoms with Crippen molar-refractivity contribution in [1.29, 1.82) is 0 Å². The Balaban J connectivity index is 2.92. The molecule has 0 radical (unpaired) electrons. The Morgan fingerprint density at radius 1 is 1.23 bits per heavy atom. The summed E-state index contributed by atoms with van der Waals surface area (Å²) in [4.78, 5) is 36.3. The van der Waals surface area contributed by atoms with E-state index in [0.717, 1.165) is 18.4 Å². The van der Waals surface area contributed by atoms with Crippen molar-refractivity contribution in [3.05, 3.63) is 63.3 Å². The summed E-state index contributed by atoms with van der Waals surface area (Å²) in [6.45, 7) is 9.53. The average molecular weight is 417 g/mol. The van der Waals surface area contributed by atoms with E-state index in [-0.39, 0.29) is 17.2 Å². The summed E-state index contributed by atoms with van der Waals surface area (Å²) in [6.07, 6.45) is 9.62. The number of carbonyl (C=O) groups excluding carboxylic acids is 2. The van der Waals surface area contributed by atoms with Crippen LogP contribution in [-0.2, 0) is 9.53 Å². The molecule has 1 heterocycles. The van der Waals surface area contributed by atoms with Crippen molar-refractivity contribution in [1.82, 2.24) is 0 Å². The van der Waals surface area contributed by atoms with Crippen LogP contribution in [0.4, 0.5) is 0 Å². The zero-order chi connectivity index (χ0) is 22.7. The molecule has 1 N–H and O–H groups in total. The van der Waals surface area contributed by atoms with Gasteiger partial charge >= 0.3 is 11.6 Å². The Hall–Kier alpha value is -2.89. The molecule has 6 heteroatoms. The van der Waals surface area contributed by atoms with Gasteiger partial charge in [-0.15, -0.1) is 0 Å². The zero-order valence-electron chi connectivity index (χ0n) is 18.5. The van der Waals surface area contributed by atoms with Crippen molar-refractivity contribution in [2.75, 3.05) is 6.61 Å². The van der Waals surface area contributed by atoms with E-state index in [1.54, 1.807) is 26.0 Å². The van der Waals surface area contributed by atoms with Crippen LogP contribution in [0.5, 0.6) is 5.75 Å². The average Bonchev–Trinajstić information content (AvgIpc) is 2.68. The third-order valence-corrected chi connectivity index (χ3v) is 4.59. The molecule has 6 nitrogen and oxygen atoms in total. The number of allylic oxidation sites excluding steroid dienone is 5. The van der Waals surface area contributed by atoms with E-state index < -0.39 is 17.4 Å². The molecule has 1 aromatic rings. The van der Waals surface area contributed by atoms with Crippen molar-refractivity contribution in [3.8, 4) is 5.75 Å². The van der Waals surface area contributed by atoms with Crippen LogP contribution < -0.4 is 5.63 Å². The number of aromatic hydroxyl groups is 1. The molecule has 0 aliphatic rings. The number of hydrogen-bond donors (Lipinski definition) is 1. The minimum absolute atomic E-state index is 0.184. The third-order valence-electron chi connectivity index (χ3n) is 4.59. The Bertz CT molecular complexity index is 885. The molecule has 1 rings (SSSR count). The fraction of sp³-hybridized carbons (Fsp3) is 0.458. The number of hydrogen-bond acceptors (Lipinski definition) is 6. The van der Waals surface area contributed by atoms with Gasteiger partial charge in [-0.2, -0.15) is 0 Å². The van der Waals surface area contributed by atoms with E-state index in [0.29, 0.717) is 30.8 Å². The predicted molar refractivity (Wildman–Crippen MR) is 117 cm³/mol. The molecule has 0 aliphatic heterocycles. The second-order valence-electron chi connectivity index (χ2n) is 7.27. The number of Topliss-reactive ketones (excluding diaryl/α,β-unsaturated/α-hetero) is 1. The largest absolute Gasteiger partial charge is 0.507 e. The standard InChI is InChI=1S/C24H32O6/c1-6-10-16(3)13-14-18(5)23(27)22-19(25)15-20(30-24(22)28)17(4)11-8-9-12-21(26)29-7-2/h9,12-15,17,25H,6-8,10-11H2,1-5H3.